The summed E-state index contributed by atoms with van der Waals surface area (Å²) in [6.07, 6.45) is 4.77. The second kappa shape index (κ2) is 11.7. The number of nitrogens with zero attached hydrogens (tertiary/aromatic N) is 6. The fourth-order valence-electron chi connectivity index (χ4n) is 4.62. The van der Waals surface area contributed by atoms with Gasteiger partial charge in [0.15, 0.2) is 5.82 Å². The first-order chi connectivity index (χ1) is 19.4. The molecule has 1 aliphatic heterocycles. The number of pyridine rings is 1. The van der Waals surface area contributed by atoms with Gasteiger partial charge in [-0.15, -0.1) is 0 Å². The third-order valence-corrected chi connectivity index (χ3v) is 6.39. The molecule has 4 aromatic rings. The Labute approximate surface area is 231 Å². The van der Waals surface area contributed by atoms with Gasteiger partial charge in [0.1, 0.15) is 17.3 Å². The van der Waals surface area contributed by atoms with Gasteiger partial charge < -0.3 is 34.5 Å². The van der Waals surface area contributed by atoms with Gasteiger partial charge >= 0.3 is 0 Å². The highest BCUT2D eigenvalue weighted by molar-refractivity contribution is 6.01. The number of rotatable bonds is 9. The van der Waals surface area contributed by atoms with Gasteiger partial charge in [0, 0.05) is 37.4 Å². The Balaban J connectivity index is 1.53. The normalized spacial score (nSPS) is 13.5. The number of halogens is 1. The highest BCUT2D eigenvalue weighted by Crippen LogP contribution is 2.35. The lowest BCUT2D eigenvalue weighted by Crippen LogP contribution is -2.37. The van der Waals surface area contributed by atoms with Crippen LogP contribution in [0.4, 0.5) is 27.5 Å². The molecule has 0 radical (unpaired) electrons. The molecule has 3 aromatic heterocycles. The summed E-state index contributed by atoms with van der Waals surface area (Å²) in [6, 6.07) is 8.22. The number of anilines is 4. The van der Waals surface area contributed by atoms with Crippen molar-refractivity contribution in [2.45, 2.75) is 6.54 Å². The molecule has 1 aromatic carbocycles. The van der Waals surface area contributed by atoms with Crippen molar-refractivity contribution in [1.29, 1.82) is 0 Å². The summed E-state index contributed by atoms with van der Waals surface area (Å²) >= 11 is 0. The number of carbonyl (C=O) groups excluding carboxylic acids is 1. The lowest BCUT2D eigenvalue weighted by Gasteiger charge is -2.30. The Hall–Kier alpha value is -4.55. The highest BCUT2D eigenvalue weighted by atomic mass is 19.1. The predicted molar refractivity (Wildman–Crippen MR) is 152 cm³/mol. The molecule has 0 bridgehead atoms. The number of hydrogen-bond donors (Lipinski definition) is 2. The summed E-state index contributed by atoms with van der Waals surface area (Å²) < 4.78 is 27.1. The van der Waals surface area contributed by atoms with Gasteiger partial charge in [0.2, 0.25) is 17.7 Å². The number of hydrogen-bond acceptors (Lipinski definition) is 9. The van der Waals surface area contributed by atoms with Crippen LogP contribution in [0.25, 0.3) is 16.7 Å². The summed E-state index contributed by atoms with van der Waals surface area (Å²) in [5.74, 6) is 0.978. The minimum Gasteiger partial charge on any atom is -0.479 e. The van der Waals surface area contributed by atoms with Crippen molar-refractivity contribution in [3.8, 4) is 11.7 Å². The Morgan fingerprint density at radius 1 is 1.20 bits per heavy atom. The van der Waals surface area contributed by atoms with Crippen molar-refractivity contribution in [3.63, 3.8) is 0 Å². The standard InChI is InChI=1S/C28H31FN8O3/c1-5-25(38)31-21-15-22(27(39-4)34-26(21)36-10-12-40-13-11-36)32-28-30-9-8-24(33-28)37-17-18(16-35(2)3)20-7-6-19(29)14-23(20)37/h5-9,14-15,17H,1,10-13,16H2,2-4H3,(H,31,38)(H,30,32,33). The van der Waals surface area contributed by atoms with Crippen molar-refractivity contribution in [2.75, 3.05) is 63.0 Å². The van der Waals surface area contributed by atoms with Crippen molar-refractivity contribution in [3.05, 3.63) is 66.8 Å². The molecule has 208 valence electrons. The van der Waals surface area contributed by atoms with E-state index in [1.54, 1.807) is 24.4 Å². The Morgan fingerprint density at radius 3 is 2.73 bits per heavy atom. The zero-order valence-electron chi connectivity index (χ0n) is 22.6. The summed E-state index contributed by atoms with van der Waals surface area (Å²) in [6.45, 7) is 6.57. The topological polar surface area (TPSA) is 110 Å². The molecule has 0 unspecified atom stereocenters. The smallest absolute Gasteiger partial charge is 0.247 e. The fraction of sp³-hybridized carbons (Fsp3) is 0.286. The predicted octanol–water partition coefficient (Wildman–Crippen LogP) is 3.73. The number of aromatic nitrogens is 4. The van der Waals surface area contributed by atoms with Gasteiger partial charge in [-0.3, -0.25) is 4.79 Å². The van der Waals surface area contributed by atoms with Crippen LogP contribution in [0.2, 0.25) is 0 Å². The number of methoxy groups -OCH3 is 1. The van der Waals surface area contributed by atoms with Crippen LogP contribution in [0.15, 0.2) is 55.4 Å². The second-order valence-electron chi connectivity index (χ2n) is 9.50. The van der Waals surface area contributed by atoms with Crippen molar-refractivity contribution >= 4 is 40.0 Å². The number of fused-ring (bicyclic) bond motifs is 1. The van der Waals surface area contributed by atoms with E-state index in [2.05, 4.69) is 32.1 Å². The van der Waals surface area contributed by atoms with Gasteiger partial charge in [-0.2, -0.15) is 9.97 Å². The number of ether oxygens (including phenoxy) is 2. The van der Waals surface area contributed by atoms with Crippen LogP contribution in [-0.2, 0) is 16.1 Å². The summed E-state index contributed by atoms with van der Waals surface area (Å²) in [4.78, 5) is 30.1. The largest absolute Gasteiger partial charge is 0.479 e. The molecule has 12 heteroatoms. The van der Waals surface area contributed by atoms with Crippen LogP contribution in [-0.4, -0.2) is 77.8 Å². The maximum Gasteiger partial charge on any atom is 0.247 e. The Bertz CT molecular complexity index is 1550. The van der Waals surface area contributed by atoms with E-state index in [1.807, 2.05) is 29.8 Å². The summed E-state index contributed by atoms with van der Waals surface area (Å²) in [7, 11) is 5.48. The number of morpholine rings is 1. The van der Waals surface area contributed by atoms with Crippen LogP contribution in [0.5, 0.6) is 5.88 Å². The molecule has 1 aliphatic rings. The van der Waals surface area contributed by atoms with Gasteiger partial charge in [0.25, 0.3) is 0 Å². The third kappa shape index (κ3) is 5.72. The fourth-order valence-corrected chi connectivity index (χ4v) is 4.62. The molecule has 0 aliphatic carbocycles. The molecule has 1 saturated heterocycles. The van der Waals surface area contributed by atoms with E-state index in [0.717, 1.165) is 10.9 Å². The van der Waals surface area contributed by atoms with Crippen LogP contribution in [0, 0.1) is 5.82 Å². The van der Waals surface area contributed by atoms with Crippen molar-refractivity contribution in [1.82, 2.24) is 24.4 Å². The van der Waals surface area contributed by atoms with E-state index >= 15 is 0 Å². The van der Waals surface area contributed by atoms with E-state index in [9.17, 15) is 9.18 Å². The quantitative estimate of drug-likeness (QED) is 0.304. The first-order valence-corrected chi connectivity index (χ1v) is 12.8. The molecule has 0 atom stereocenters. The van der Waals surface area contributed by atoms with Crippen molar-refractivity contribution in [2.24, 2.45) is 0 Å². The van der Waals surface area contributed by atoms with Gasteiger partial charge in [-0.25, -0.2) is 9.37 Å². The molecule has 11 nitrogen and oxygen atoms in total. The monoisotopic (exact) mass is 546 g/mol. The zero-order chi connectivity index (χ0) is 28.2. The molecule has 0 saturated carbocycles. The number of benzene rings is 1. The van der Waals surface area contributed by atoms with Crippen LogP contribution < -0.4 is 20.3 Å². The van der Waals surface area contributed by atoms with Crippen LogP contribution in [0.1, 0.15) is 5.56 Å². The molecule has 1 fully saturated rings. The Kier molecular flexibility index (Phi) is 7.89. The molecular formula is C28H31FN8O3. The lowest BCUT2D eigenvalue weighted by molar-refractivity contribution is -0.111. The average molecular weight is 547 g/mol. The SMILES string of the molecule is C=CC(=O)Nc1cc(Nc2nccc(-n3cc(CN(C)C)c4ccc(F)cc43)n2)c(OC)nc1N1CCOCC1. The minimum absolute atomic E-state index is 0.269. The first kappa shape index (κ1) is 27.0. The Morgan fingerprint density at radius 2 is 2.00 bits per heavy atom. The summed E-state index contributed by atoms with van der Waals surface area (Å²) in [5, 5.41) is 6.94. The van der Waals surface area contributed by atoms with Crippen LogP contribution >= 0.6 is 0 Å². The maximum atomic E-state index is 14.2. The van der Waals surface area contributed by atoms with E-state index in [-0.39, 0.29) is 17.7 Å². The van der Waals surface area contributed by atoms with Gasteiger partial charge in [-0.05, 0) is 56.1 Å². The molecule has 40 heavy (non-hydrogen) atoms. The number of carbonyl (C=O) groups is 1. The molecule has 5 rings (SSSR count). The van der Waals surface area contributed by atoms with E-state index in [4.69, 9.17) is 14.5 Å². The molecule has 1 amide bonds. The second-order valence-corrected chi connectivity index (χ2v) is 9.50. The zero-order valence-corrected chi connectivity index (χ0v) is 22.6. The van der Waals surface area contributed by atoms with E-state index < -0.39 is 0 Å². The molecular weight excluding hydrogens is 515 g/mol. The van der Waals surface area contributed by atoms with Gasteiger partial charge in [0.05, 0.1) is 31.5 Å². The molecule has 4 heterocycles. The lowest BCUT2D eigenvalue weighted by atomic mass is 10.1. The van der Waals surface area contributed by atoms with E-state index in [0.29, 0.717) is 67.3 Å². The third-order valence-electron chi connectivity index (χ3n) is 6.39. The minimum atomic E-state index is -0.370. The molecule has 0 spiro atoms. The molecule has 2 N–H and O–H groups in total. The number of nitrogens with one attached hydrogen (secondary N) is 2. The number of amides is 1. The summed E-state index contributed by atoms with van der Waals surface area (Å²) in [5.41, 5.74) is 2.67. The highest BCUT2D eigenvalue weighted by Gasteiger charge is 2.22. The van der Waals surface area contributed by atoms with Crippen LogP contribution in [0.3, 0.4) is 0 Å². The average Bonchev–Trinajstić information content (AvgIpc) is 3.30. The van der Waals surface area contributed by atoms with Crippen molar-refractivity contribution < 1.29 is 18.7 Å². The van der Waals surface area contributed by atoms with E-state index in [1.165, 1.54) is 25.3 Å². The maximum absolute atomic E-state index is 14.2. The van der Waals surface area contributed by atoms with Gasteiger partial charge in [-0.1, -0.05) is 6.58 Å². The first-order valence-electron chi connectivity index (χ1n) is 12.8.